The molecule has 62 heavy (non-hydrogen) atoms. The van der Waals surface area contributed by atoms with Crippen molar-refractivity contribution in [1.82, 2.24) is 19.4 Å². The van der Waals surface area contributed by atoms with Crippen LogP contribution >= 0.6 is 0 Å². The summed E-state index contributed by atoms with van der Waals surface area (Å²) < 4.78 is 39.5. The second-order valence-electron chi connectivity index (χ2n) is 18.3. The summed E-state index contributed by atoms with van der Waals surface area (Å²) in [6.07, 6.45) is 0.958. The third kappa shape index (κ3) is 10.3. The second-order valence-corrected chi connectivity index (χ2v) is 18.3. The van der Waals surface area contributed by atoms with E-state index in [0.29, 0.717) is 31.5 Å². The largest absolute Gasteiger partial charge is 0.458 e. The predicted octanol–water partition coefficient (Wildman–Crippen LogP) is 5.69. The molecule has 1 aromatic heterocycles. The first-order chi connectivity index (χ1) is 29.1. The topological polar surface area (TPSA) is 191 Å². The van der Waals surface area contributed by atoms with Crippen LogP contribution in [-0.2, 0) is 54.1 Å². The van der Waals surface area contributed by atoms with Gasteiger partial charge < -0.3 is 48.5 Å². The highest BCUT2D eigenvalue weighted by atomic mass is 16.7. The minimum absolute atomic E-state index is 0.101. The number of benzene rings is 1. The van der Waals surface area contributed by atoms with Gasteiger partial charge in [-0.2, -0.15) is 0 Å². The van der Waals surface area contributed by atoms with Gasteiger partial charge in [-0.05, 0) is 86.0 Å². The van der Waals surface area contributed by atoms with Crippen LogP contribution in [-0.4, -0.2) is 131 Å². The molecule has 4 heterocycles. The Hall–Kier alpha value is -4.38. The van der Waals surface area contributed by atoms with Crippen molar-refractivity contribution in [1.29, 1.82) is 0 Å². The number of ether oxygens (including phenoxy) is 6. The number of hydrogen-bond donors (Lipinski definition) is 1. The molecule has 1 aromatic carbocycles. The number of rotatable bonds is 12. The molecule has 2 aromatic rings. The summed E-state index contributed by atoms with van der Waals surface area (Å²) in [6.45, 7) is 16.2. The molecule has 3 fully saturated rings. The number of nitrogens with two attached hydrogens (primary N) is 1. The molecule has 16 nitrogen and oxygen atoms in total. The Balaban J connectivity index is 1.45. The molecule has 5 rings (SSSR count). The maximum absolute atomic E-state index is 14.8. The summed E-state index contributed by atoms with van der Waals surface area (Å²) in [5.74, 6) is -5.66. The summed E-state index contributed by atoms with van der Waals surface area (Å²) in [6, 6.07) is 6.41. The fourth-order valence-corrected chi connectivity index (χ4v) is 9.87. The number of Topliss-reactive ketones (excluding diaryl/α,β-unsaturated/α-hetero) is 2. The van der Waals surface area contributed by atoms with Crippen LogP contribution < -0.4 is 5.73 Å². The average molecular weight is 868 g/mol. The first-order valence-electron chi connectivity index (χ1n) is 22.0. The van der Waals surface area contributed by atoms with E-state index in [1.54, 1.807) is 45.8 Å². The van der Waals surface area contributed by atoms with Crippen LogP contribution in [0.2, 0.25) is 0 Å². The number of carbonyl (C=O) groups is 5. The third-order valence-corrected chi connectivity index (χ3v) is 13.3. The number of methoxy groups -OCH3 is 1. The summed E-state index contributed by atoms with van der Waals surface area (Å²) in [7, 11) is 5.25. The third-order valence-electron chi connectivity index (χ3n) is 13.3. The average Bonchev–Trinajstić information content (AvgIpc) is 3.80. The molecule has 3 saturated heterocycles. The number of aromatic nitrogens is 2. The van der Waals surface area contributed by atoms with Crippen LogP contribution in [0.15, 0.2) is 36.8 Å². The van der Waals surface area contributed by atoms with Gasteiger partial charge >= 0.3 is 18.0 Å². The van der Waals surface area contributed by atoms with Crippen molar-refractivity contribution in [3.8, 4) is 11.3 Å². The number of nitrogen functional groups attached to an aromatic ring is 1. The van der Waals surface area contributed by atoms with E-state index in [-0.39, 0.29) is 37.3 Å². The van der Waals surface area contributed by atoms with Gasteiger partial charge in [0.05, 0.1) is 41.9 Å². The predicted molar refractivity (Wildman–Crippen MR) is 230 cm³/mol. The smallest absolute Gasteiger partial charge is 0.410 e. The number of cyclic esters (lactones) is 1. The van der Waals surface area contributed by atoms with E-state index in [0.717, 1.165) is 11.3 Å². The Labute approximate surface area is 366 Å². The second kappa shape index (κ2) is 20.0. The van der Waals surface area contributed by atoms with E-state index in [1.807, 2.05) is 67.9 Å². The lowest BCUT2D eigenvalue weighted by Crippen LogP contribution is -2.61. The minimum atomic E-state index is -1.42. The van der Waals surface area contributed by atoms with E-state index in [4.69, 9.17) is 34.2 Å². The fraction of sp³-hybridized carbons (Fsp3) is 0.696. The van der Waals surface area contributed by atoms with Gasteiger partial charge in [-0.25, -0.2) is 9.78 Å². The first kappa shape index (κ1) is 48.6. The lowest BCUT2D eigenvalue weighted by Gasteiger charge is -2.47. The van der Waals surface area contributed by atoms with E-state index in [2.05, 4.69) is 4.98 Å². The van der Waals surface area contributed by atoms with Gasteiger partial charge in [0.15, 0.2) is 23.8 Å². The highest BCUT2D eigenvalue weighted by molar-refractivity contribution is 6.00. The molecule has 2 N–H and O–H groups in total. The number of esters is 2. The molecule has 344 valence electrons. The Morgan fingerprint density at radius 1 is 0.984 bits per heavy atom. The summed E-state index contributed by atoms with van der Waals surface area (Å²) >= 11 is 0. The molecule has 0 aliphatic carbocycles. The maximum atomic E-state index is 14.8. The summed E-state index contributed by atoms with van der Waals surface area (Å²) in [5, 5.41) is 0. The fourth-order valence-electron chi connectivity index (χ4n) is 9.87. The zero-order valence-electron chi connectivity index (χ0n) is 38.6. The Bertz CT molecular complexity index is 1900. The van der Waals surface area contributed by atoms with Crippen molar-refractivity contribution >= 4 is 35.3 Å². The number of amides is 1. The molecule has 13 atom stereocenters. The molecule has 0 radical (unpaired) electrons. The van der Waals surface area contributed by atoms with Gasteiger partial charge in [-0.15, -0.1) is 0 Å². The Morgan fingerprint density at radius 3 is 2.26 bits per heavy atom. The van der Waals surface area contributed by atoms with Gasteiger partial charge in [-0.3, -0.25) is 19.2 Å². The van der Waals surface area contributed by atoms with Gasteiger partial charge in [0.25, 0.3) is 0 Å². The standard InChI is InChI=1S/C46H69N5O11/c1-13-36-46(9)40(51(44(56)62-46)21-15-14-20-50-24-34(48-25-50)32-16-18-33(47)19-17-32)28(4)37(53)26(2)23-45(8,57-12)41(29(5)38(54)30(6)42(55)60-36)61-43-39(59-31(7)52)35(49(10)11)22-27(3)58-43/h16-19,24-30,35-36,39-41,43H,13-15,20-23,47H2,1-12H3/t26-,27-,28+,29+,30-,35+,36-,39-,40+,41-,43+,45-,46-/m1/s1. The molecule has 0 unspecified atom stereocenters. The van der Waals surface area contributed by atoms with E-state index >= 15 is 0 Å². The number of nitrogens with zero attached hydrogens (tertiary/aromatic N) is 4. The molecule has 1 amide bonds. The molecular formula is C46H69N5O11. The molecular weight excluding hydrogens is 799 g/mol. The highest BCUT2D eigenvalue weighted by Gasteiger charge is 2.60. The molecule has 0 bridgehead atoms. The number of hydrogen-bond acceptors (Lipinski definition) is 14. The molecule has 3 aliphatic rings. The van der Waals surface area contributed by atoms with E-state index in [9.17, 15) is 24.0 Å². The minimum Gasteiger partial charge on any atom is -0.458 e. The van der Waals surface area contributed by atoms with Crippen molar-refractivity contribution in [2.75, 3.05) is 33.5 Å². The number of imidazole rings is 1. The monoisotopic (exact) mass is 867 g/mol. The van der Waals surface area contributed by atoms with Crippen LogP contribution in [0.3, 0.4) is 0 Å². The van der Waals surface area contributed by atoms with E-state index < -0.39 is 89.3 Å². The molecule has 16 heteroatoms. The molecule has 0 spiro atoms. The quantitative estimate of drug-likeness (QED) is 0.0900. The number of anilines is 1. The summed E-state index contributed by atoms with van der Waals surface area (Å²) in [4.78, 5) is 77.8. The number of ketones is 2. The van der Waals surface area contributed by atoms with Crippen molar-refractivity contribution in [3.63, 3.8) is 0 Å². The van der Waals surface area contributed by atoms with Gasteiger partial charge in [0.1, 0.15) is 17.8 Å². The lowest BCUT2D eigenvalue weighted by atomic mass is 9.73. The van der Waals surface area contributed by atoms with Crippen LogP contribution in [0.5, 0.6) is 0 Å². The molecule has 0 saturated carbocycles. The number of unbranched alkanes of at least 4 members (excludes halogenated alkanes) is 1. The first-order valence-corrected chi connectivity index (χ1v) is 22.0. The maximum Gasteiger partial charge on any atom is 0.410 e. The number of carbonyl (C=O) groups excluding carboxylic acids is 5. The van der Waals surface area contributed by atoms with Gasteiger partial charge in [-0.1, -0.05) is 39.8 Å². The zero-order chi connectivity index (χ0) is 45.8. The van der Waals surface area contributed by atoms with Crippen LogP contribution in [0.1, 0.15) is 94.4 Å². The normalized spacial score (nSPS) is 35.0. The van der Waals surface area contributed by atoms with Crippen molar-refractivity contribution < 1.29 is 52.4 Å². The van der Waals surface area contributed by atoms with Crippen LogP contribution in [0.25, 0.3) is 11.3 Å². The van der Waals surface area contributed by atoms with Gasteiger partial charge in [0, 0.05) is 62.3 Å². The highest BCUT2D eigenvalue weighted by Crippen LogP contribution is 2.43. The summed E-state index contributed by atoms with van der Waals surface area (Å²) in [5.41, 5.74) is 5.56. The van der Waals surface area contributed by atoms with E-state index in [1.165, 1.54) is 21.0 Å². The van der Waals surface area contributed by atoms with Crippen LogP contribution in [0, 0.1) is 23.7 Å². The zero-order valence-corrected chi connectivity index (χ0v) is 38.6. The number of aryl methyl sites for hydroxylation is 1. The van der Waals surface area contributed by atoms with Gasteiger partial charge in [0.2, 0.25) is 0 Å². The SMILES string of the molecule is CC[C@H]1OC(=O)[C@H](C)C(=O)[C@H](C)[C@@H](O[C@@H]2O[C@H](C)C[C@H](N(C)C)[C@H]2OC(C)=O)[C@](C)(OC)C[C@@H](C)C(=O)[C@H](C)[C@@H]2N(CCCCn3cnc(-c4ccc(N)cc4)c3)C(=O)O[C@@]21C. The van der Waals surface area contributed by atoms with Crippen molar-refractivity contribution in [2.45, 2.75) is 155 Å². The van der Waals surface area contributed by atoms with Crippen molar-refractivity contribution in [3.05, 3.63) is 36.8 Å². The lowest BCUT2D eigenvalue weighted by molar-refractivity contribution is -0.298. The molecule has 3 aliphatic heterocycles. The Kier molecular flexibility index (Phi) is 15.7. The van der Waals surface area contributed by atoms with Crippen molar-refractivity contribution in [2.24, 2.45) is 23.7 Å². The number of fused-ring (bicyclic) bond motifs is 1. The van der Waals surface area contributed by atoms with Crippen LogP contribution in [0.4, 0.5) is 10.5 Å². The number of likely N-dealkylation sites (N-methyl/N-ethyl adjacent to an activating group) is 1. The Morgan fingerprint density at radius 2 is 1.65 bits per heavy atom.